The lowest BCUT2D eigenvalue weighted by molar-refractivity contribution is 1.18. The first-order chi connectivity index (χ1) is 38.7. The fourth-order valence-corrected chi connectivity index (χ4v) is 11.5. The lowest BCUT2D eigenvalue weighted by Crippen LogP contribution is -2.09. The molecule has 0 N–H and O–H groups in total. The van der Waals surface area contributed by atoms with Gasteiger partial charge in [-0.3, -0.25) is 0 Å². The molecule has 0 radical (unpaired) electrons. The second-order valence-electron chi connectivity index (χ2n) is 20.1. The standard InChI is InChI=1S/C76H52N2/c1-4-17-53(18-5-1)55-31-33-57(34-32-55)58-39-44-66(45-40-58)77(65-23-8-3-9-24-65)67-46-41-61(42-47-67)70-26-12-13-27-71(70)62-43-48-76-74(52-62)73-28-14-15-30-75(73)78(76)68-50-63(59-37-35-56(36-38-59)54-19-6-2-7-20-54)49-64(51-68)72-29-16-22-60-21-10-11-25-69(60)72/h1-52H. The van der Waals surface area contributed by atoms with E-state index < -0.39 is 0 Å². The lowest BCUT2D eigenvalue weighted by atomic mass is 9.93. The van der Waals surface area contributed by atoms with Crippen molar-refractivity contribution in [2.24, 2.45) is 0 Å². The van der Waals surface area contributed by atoms with Crippen LogP contribution in [0.3, 0.4) is 0 Å². The van der Waals surface area contributed by atoms with Gasteiger partial charge in [-0.15, -0.1) is 0 Å². The Morgan fingerprint density at radius 3 is 1.22 bits per heavy atom. The van der Waals surface area contributed by atoms with Crippen LogP contribution in [0.2, 0.25) is 0 Å². The van der Waals surface area contributed by atoms with Gasteiger partial charge in [0.05, 0.1) is 11.0 Å². The quantitative estimate of drug-likeness (QED) is 0.125. The molecule has 0 atom stereocenters. The molecule has 78 heavy (non-hydrogen) atoms. The second kappa shape index (κ2) is 20.1. The molecule has 1 aromatic heterocycles. The van der Waals surface area contributed by atoms with Gasteiger partial charge in [0.1, 0.15) is 0 Å². The molecule has 14 aromatic rings. The lowest BCUT2D eigenvalue weighted by Gasteiger charge is -2.26. The van der Waals surface area contributed by atoms with Gasteiger partial charge in [-0.2, -0.15) is 0 Å². The van der Waals surface area contributed by atoms with Crippen molar-refractivity contribution in [3.63, 3.8) is 0 Å². The fourth-order valence-electron chi connectivity index (χ4n) is 11.5. The smallest absolute Gasteiger partial charge is 0.0541 e. The first-order valence-corrected chi connectivity index (χ1v) is 26.8. The molecule has 0 amide bonds. The number of anilines is 3. The zero-order valence-corrected chi connectivity index (χ0v) is 42.9. The van der Waals surface area contributed by atoms with Crippen molar-refractivity contribution in [2.75, 3.05) is 4.90 Å². The van der Waals surface area contributed by atoms with Gasteiger partial charge in [-0.1, -0.05) is 243 Å². The summed E-state index contributed by atoms with van der Waals surface area (Å²) in [4.78, 5) is 2.34. The van der Waals surface area contributed by atoms with Gasteiger partial charge in [-0.05, 0) is 161 Å². The third kappa shape index (κ3) is 8.72. The minimum absolute atomic E-state index is 1.09. The number of aromatic nitrogens is 1. The Morgan fingerprint density at radius 2 is 0.603 bits per heavy atom. The first-order valence-electron chi connectivity index (χ1n) is 26.8. The van der Waals surface area contributed by atoms with E-state index in [4.69, 9.17) is 0 Å². The molecule has 2 nitrogen and oxygen atoms in total. The normalized spacial score (nSPS) is 11.3. The van der Waals surface area contributed by atoms with E-state index >= 15 is 0 Å². The molecule has 0 fully saturated rings. The molecule has 1 heterocycles. The average Bonchev–Trinajstić information content (AvgIpc) is 4.11. The molecular weight excluding hydrogens is 941 g/mol. The number of fused-ring (bicyclic) bond motifs is 4. The second-order valence-corrected chi connectivity index (χ2v) is 20.1. The van der Waals surface area contributed by atoms with Crippen LogP contribution in [0.1, 0.15) is 0 Å². The van der Waals surface area contributed by atoms with Crippen LogP contribution in [0.25, 0.3) is 116 Å². The van der Waals surface area contributed by atoms with E-state index in [9.17, 15) is 0 Å². The van der Waals surface area contributed by atoms with E-state index in [2.05, 4.69) is 325 Å². The Morgan fingerprint density at radius 1 is 0.205 bits per heavy atom. The van der Waals surface area contributed by atoms with Gasteiger partial charge in [0.2, 0.25) is 0 Å². The Hall–Kier alpha value is -10.3. The summed E-state index contributed by atoms with van der Waals surface area (Å²) >= 11 is 0. The molecule has 0 bridgehead atoms. The van der Waals surface area contributed by atoms with E-state index in [1.165, 1.54) is 99.4 Å². The van der Waals surface area contributed by atoms with Gasteiger partial charge >= 0.3 is 0 Å². The minimum atomic E-state index is 1.09. The topological polar surface area (TPSA) is 8.17 Å². The molecule has 0 saturated heterocycles. The van der Waals surface area contributed by atoms with E-state index in [1.54, 1.807) is 0 Å². The third-order valence-corrected chi connectivity index (χ3v) is 15.4. The van der Waals surface area contributed by atoms with Crippen molar-refractivity contribution in [2.45, 2.75) is 0 Å². The van der Waals surface area contributed by atoms with E-state index in [1.807, 2.05) is 0 Å². The van der Waals surface area contributed by atoms with Crippen LogP contribution in [0.5, 0.6) is 0 Å². The minimum Gasteiger partial charge on any atom is -0.311 e. The number of nitrogens with zero attached hydrogens (tertiary/aromatic N) is 2. The predicted molar refractivity (Wildman–Crippen MR) is 331 cm³/mol. The SMILES string of the molecule is c1ccc(-c2ccc(-c3ccc(N(c4ccccc4)c4ccc(-c5ccccc5-c5ccc6c(c5)c5ccccc5n6-c5cc(-c6ccc(-c7ccccc7)cc6)cc(-c6cccc7ccccc67)c5)cc4)cc3)cc2)cc1. The van der Waals surface area contributed by atoms with Crippen molar-refractivity contribution in [1.82, 2.24) is 4.57 Å². The number of hydrogen-bond acceptors (Lipinski definition) is 1. The molecular formula is C76H52N2. The van der Waals surface area contributed by atoms with E-state index in [0.29, 0.717) is 0 Å². The molecule has 0 spiro atoms. The molecule has 13 aromatic carbocycles. The summed E-state index contributed by atoms with van der Waals surface area (Å²) in [7, 11) is 0. The van der Waals surface area contributed by atoms with Crippen molar-refractivity contribution in [3.8, 4) is 83.6 Å². The molecule has 14 rings (SSSR count). The van der Waals surface area contributed by atoms with E-state index in [-0.39, 0.29) is 0 Å². The Bertz CT molecular complexity index is 4420. The largest absolute Gasteiger partial charge is 0.311 e. The van der Waals surface area contributed by atoms with Gasteiger partial charge in [-0.25, -0.2) is 0 Å². The van der Waals surface area contributed by atoms with Crippen LogP contribution in [0.4, 0.5) is 17.1 Å². The third-order valence-electron chi connectivity index (χ3n) is 15.4. The van der Waals surface area contributed by atoms with Gasteiger partial charge < -0.3 is 9.47 Å². The molecule has 0 aliphatic carbocycles. The van der Waals surface area contributed by atoms with Crippen molar-refractivity contribution in [3.05, 3.63) is 315 Å². The van der Waals surface area contributed by atoms with Crippen LogP contribution in [0, 0.1) is 0 Å². The average molecular weight is 993 g/mol. The molecule has 0 aliphatic rings. The molecule has 0 unspecified atom stereocenters. The summed E-state index contributed by atoms with van der Waals surface area (Å²) in [5, 5.41) is 4.90. The maximum absolute atomic E-state index is 2.46. The van der Waals surface area contributed by atoms with Gasteiger partial charge in [0, 0.05) is 33.5 Å². The molecule has 366 valence electrons. The van der Waals surface area contributed by atoms with Crippen molar-refractivity contribution >= 4 is 49.6 Å². The van der Waals surface area contributed by atoms with Crippen molar-refractivity contribution in [1.29, 1.82) is 0 Å². The van der Waals surface area contributed by atoms with Gasteiger partial charge in [0.15, 0.2) is 0 Å². The Labute approximate surface area is 455 Å². The Kier molecular flexibility index (Phi) is 11.9. The fraction of sp³-hybridized carbons (Fsp3) is 0. The predicted octanol–water partition coefficient (Wildman–Crippen LogP) is 21.1. The van der Waals surface area contributed by atoms with Crippen molar-refractivity contribution < 1.29 is 0 Å². The summed E-state index contributed by atoms with van der Waals surface area (Å²) in [5.74, 6) is 0. The highest BCUT2D eigenvalue weighted by Crippen LogP contribution is 2.43. The highest BCUT2D eigenvalue weighted by molar-refractivity contribution is 6.11. The zero-order chi connectivity index (χ0) is 51.8. The number of rotatable bonds is 11. The van der Waals surface area contributed by atoms with Crippen LogP contribution in [-0.4, -0.2) is 4.57 Å². The summed E-state index contributed by atoms with van der Waals surface area (Å²) in [6.45, 7) is 0. The highest BCUT2D eigenvalue weighted by Gasteiger charge is 2.19. The Balaban J connectivity index is 0.824. The van der Waals surface area contributed by atoms with Crippen LogP contribution >= 0.6 is 0 Å². The van der Waals surface area contributed by atoms with Crippen LogP contribution < -0.4 is 4.90 Å². The number of para-hydroxylation sites is 2. The number of hydrogen-bond donors (Lipinski definition) is 0. The highest BCUT2D eigenvalue weighted by atomic mass is 15.1. The summed E-state index contributed by atoms with van der Waals surface area (Å²) in [6, 6.07) is 115. The first kappa shape index (κ1) is 46.3. The van der Waals surface area contributed by atoms with Gasteiger partial charge in [0.25, 0.3) is 0 Å². The maximum atomic E-state index is 2.46. The summed E-state index contributed by atoms with van der Waals surface area (Å²) in [5.41, 5.74) is 23.4. The zero-order valence-electron chi connectivity index (χ0n) is 42.9. The van der Waals surface area contributed by atoms with E-state index in [0.717, 1.165) is 33.8 Å². The summed E-state index contributed by atoms with van der Waals surface area (Å²) in [6.07, 6.45) is 0. The summed E-state index contributed by atoms with van der Waals surface area (Å²) < 4.78 is 2.46. The monoisotopic (exact) mass is 992 g/mol. The number of benzene rings is 13. The molecule has 0 saturated carbocycles. The molecule has 2 heteroatoms. The van der Waals surface area contributed by atoms with Crippen LogP contribution in [-0.2, 0) is 0 Å². The van der Waals surface area contributed by atoms with Crippen LogP contribution in [0.15, 0.2) is 315 Å². The molecule has 0 aliphatic heterocycles. The maximum Gasteiger partial charge on any atom is 0.0541 e.